The summed E-state index contributed by atoms with van der Waals surface area (Å²) in [6.07, 6.45) is 5.59. The highest BCUT2D eigenvalue weighted by Gasteiger charge is 2.21. The summed E-state index contributed by atoms with van der Waals surface area (Å²) < 4.78 is 7.89. The number of hydrogen-bond donors (Lipinski definition) is 2. The molecule has 7 nitrogen and oxygen atoms in total. The van der Waals surface area contributed by atoms with Gasteiger partial charge in [-0.25, -0.2) is 9.78 Å². The molecule has 0 bridgehead atoms. The van der Waals surface area contributed by atoms with Gasteiger partial charge in [0.25, 0.3) is 0 Å². The highest BCUT2D eigenvalue weighted by atomic mass is 32.2. The molecule has 0 aliphatic carbocycles. The summed E-state index contributed by atoms with van der Waals surface area (Å²) >= 11 is 1.30. The number of nitrogens with zero attached hydrogens (tertiary/aromatic N) is 2. The Balaban J connectivity index is 1.69. The molecule has 1 aliphatic rings. The Bertz CT molecular complexity index is 816. The molecule has 2 heterocycles. The van der Waals surface area contributed by atoms with Gasteiger partial charge < -0.3 is 14.6 Å². The molecule has 0 radical (unpaired) electrons. The van der Waals surface area contributed by atoms with E-state index in [-0.39, 0.29) is 17.8 Å². The van der Waals surface area contributed by atoms with Gasteiger partial charge in [-0.3, -0.25) is 10.1 Å². The van der Waals surface area contributed by atoms with E-state index in [0.717, 1.165) is 35.9 Å². The van der Waals surface area contributed by atoms with E-state index in [1.165, 1.54) is 11.8 Å². The van der Waals surface area contributed by atoms with Crippen molar-refractivity contribution in [2.45, 2.75) is 30.6 Å². The molecule has 1 unspecified atom stereocenters. The predicted octanol–water partition coefficient (Wildman–Crippen LogP) is 2.83. The number of nitrogens with one attached hydrogen (secondary N) is 2. The SMILES string of the molecule is C=CCNC(=O)NC(=O)CSc1ncc(-c2ccccc2)n1CC1CCCO1. The van der Waals surface area contributed by atoms with Crippen LogP contribution in [-0.2, 0) is 16.1 Å². The van der Waals surface area contributed by atoms with Crippen molar-refractivity contribution < 1.29 is 14.3 Å². The minimum Gasteiger partial charge on any atom is -0.376 e. The van der Waals surface area contributed by atoms with Crippen LogP contribution in [0.1, 0.15) is 12.8 Å². The van der Waals surface area contributed by atoms with Gasteiger partial charge in [-0.15, -0.1) is 6.58 Å². The predicted molar refractivity (Wildman–Crippen MR) is 109 cm³/mol. The third kappa shape index (κ3) is 5.46. The van der Waals surface area contributed by atoms with Gasteiger partial charge in [0.2, 0.25) is 5.91 Å². The first-order valence-corrected chi connectivity index (χ1v) is 10.2. The molecule has 0 spiro atoms. The average molecular weight is 401 g/mol. The standard InChI is InChI=1S/C20H24N4O3S/c1-2-10-21-19(26)23-18(25)14-28-20-22-12-17(15-7-4-3-5-8-15)24(20)13-16-9-6-11-27-16/h2-5,7-8,12,16H,1,6,9-11,13-14H2,(H2,21,23,25,26). The second-order valence-corrected chi connectivity index (χ2v) is 7.32. The molecule has 3 rings (SSSR count). The van der Waals surface area contributed by atoms with E-state index >= 15 is 0 Å². The van der Waals surface area contributed by atoms with E-state index in [0.29, 0.717) is 13.1 Å². The van der Waals surface area contributed by atoms with Crippen LogP contribution in [0.4, 0.5) is 4.79 Å². The topological polar surface area (TPSA) is 85.3 Å². The van der Waals surface area contributed by atoms with Crippen molar-refractivity contribution in [1.82, 2.24) is 20.2 Å². The van der Waals surface area contributed by atoms with Gasteiger partial charge in [-0.05, 0) is 18.4 Å². The Morgan fingerprint density at radius 3 is 2.89 bits per heavy atom. The minimum atomic E-state index is -0.529. The van der Waals surface area contributed by atoms with Crippen LogP contribution in [0.15, 0.2) is 54.3 Å². The van der Waals surface area contributed by atoms with Crippen molar-refractivity contribution in [3.05, 3.63) is 49.2 Å². The first kappa shape index (κ1) is 20.2. The number of carbonyl (C=O) groups excluding carboxylic acids is 2. The lowest BCUT2D eigenvalue weighted by atomic mass is 10.1. The fraction of sp³-hybridized carbons (Fsp3) is 0.350. The van der Waals surface area contributed by atoms with E-state index in [4.69, 9.17) is 4.74 Å². The molecule has 0 saturated carbocycles. The van der Waals surface area contributed by atoms with E-state index in [2.05, 4.69) is 26.8 Å². The molecule has 1 saturated heterocycles. The number of benzene rings is 1. The summed E-state index contributed by atoms with van der Waals surface area (Å²) in [5, 5.41) is 5.54. The van der Waals surface area contributed by atoms with Gasteiger partial charge in [0.05, 0.1) is 30.3 Å². The number of imide groups is 1. The fourth-order valence-corrected chi connectivity index (χ4v) is 3.77. The molecule has 2 aromatic rings. The largest absolute Gasteiger partial charge is 0.376 e. The zero-order chi connectivity index (χ0) is 19.8. The molecular formula is C20H24N4O3S. The van der Waals surface area contributed by atoms with Crippen molar-refractivity contribution >= 4 is 23.7 Å². The monoisotopic (exact) mass is 400 g/mol. The van der Waals surface area contributed by atoms with Gasteiger partial charge in [0, 0.05) is 13.2 Å². The highest BCUT2D eigenvalue weighted by molar-refractivity contribution is 7.99. The maximum absolute atomic E-state index is 12.0. The van der Waals surface area contributed by atoms with Crippen LogP contribution in [0.5, 0.6) is 0 Å². The number of hydrogen-bond acceptors (Lipinski definition) is 5. The van der Waals surface area contributed by atoms with Crippen molar-refractivity contribution in [2.75, 3.05) is 18.9 Å². The molecule has 28 heavy (non-hydrogen) atoms. The summed E-state index contributed by atoms with van der Waals surface area (Å²) in [6, 6.07) is 9.49. The molecule has 1 aromatic heterocycles. The van der Waals surface area contributed by atoms with Gasteiger partial charge in [0.15, 0.2) is 5.16 Å². The van der Waals surface area contributed by atoms with Gasteiger partial charge in [0.1, 0.15) is 0 Å². The third-order valence-electron chi connectivity index (χ3n) is 4.29. The third-order valence-corrected chi connectivity index (χ3v) is 5.28. The van der Waals surface area contributed by atoms with Crippen LogP contribution in [0.2, 0.25) is 0 Å². The number of carbonyl (C=O) groups is 2. The Hall–Kier alpha value is -2.58. The number of thioether (sulfide) groups is 1. The van der Waals surface area contributed by atoms with Crippen LogP contribution in [0.3, 0.4) is 0 Å². The lowest BCUT2D eigenvalue weighted by molar-refractivity contribution is -0.117. The first-order chi connectivity index (χ1) is 13.7. The maximum Gasteiger partial charge on any atom is 0.321 e. The number of aromatic nitrogens is 2. The average Bonchev–Trinajstić information content (AvgIpc) is 3.36. The van der Waals surface area contributed by atoms with Crippen molar-refractivity contribution in [3.63, 3.8) is 0 Å². The van der Waals surface area contributed by atoms with Crippen LogP contribution >= 0.6 is 11.8 Å². The summed E-state index contributed by atoms with van der Waals surface area (Å²) in [5.41, 5.74) is 2.05. The van der Waals surface area contributed by atoms with Gasteiger partial charge in [-0.1, -0.05) is 48.2 Å². The zero-order valence-corrected chi connectivity index (χ0v) is 16.4. The van der Waals surface area contributed by atoms with Crippen LogP contribution in [0, 0.1) is 0 Å². The summed E-state index contributed by atoms with van der Waals surface area (Å²) in [4.78, 5) is 28.1. The first-order valence-electron chi connectivity index (χ1n) is 9.21. The molecule has 1 aliphatic heterocycles. The molecule has 1 fully saturated rings. The number of urea groups is 1. The number of ether oxygens (including phenoxy) is 1. The van der Waals surface area contributed by atoms with E-state index in [9.17, 15) is 9.59 Å². The molecule has 3 amide bonds. The summed E-state index contributed by atoms with van der Waals surface area (Å²) in [6.45, 7) is 5.29. The van der Waals surface area contributed by atoms with Gasteiger partial charge >= 0.3 is 6.03 Å². The molecule has 8 heteroatoms. The molecule has 148 valence electrons. The van der Waals surface area contributed by atoms with Crippen LogP contribution in [-0.4, -0.2) is 46.5 Å². The highest BCUT2D eigenvalue weighted by Crippen LogP contribution is 2.28. The second-order valence-electron chi connectivity index (χ2n) is 6.37. The van der Waals surface area contributed by atoms with Gasteiger partial charge in [-0.2, -0.15) is 0 Å². The van der Waals surface area contributed by atoms with E-state index < -0.39 is 6.03 Å². The normalized spacial score (nSPS) is 15.9. The lowest BCUT2D eigenvalue weighted by Gasteiger charge is -2.16. The Labute approximate surface area is 168 Å². The number of imidazole rings is 1. The zero-order valence-electron chi connectivity index (χ0n) is 15.6. The molecule has 1 atom stereocenters. The van der Waals surface area contributed by atoms with E-state index in [1.807, 2.05) is 36.5 Å². The second kappa shape index (κ2) is 10.1. The number of rotatable bonds is 8. The number of amides is 3. The minimum absolute atomic E-state index is 0.0955. The smallest absolute Gasteiger partial charge is 0.321 e. The van der Waals surface area contributed by atoms with Crippen molar-refractivity contribution in [2.24, 2.45) is 0 Å². The Morgan fingerprint density at radius 2 is 2.18 bits per heavy atom. The Kier molecular flexibility index (Phi) is 7.27. The quantitative estimate of drug-likeness (QED) is 0.526. The summed E-state index contributed by atoms with van der Waals surface area (Å²) in [7, 11) is 0. The lowest BCUT2D eigenvalue weighted by Crippen LogP contribution is -2.40. The van der Waals surface area contributed by atoms with E-state index in [1.54, 1.807) is 6.08 Å². The van der Waals surface area contributed by atoms with Crippen LogP contribution in [0.25, 0.3) is 11.3 Å². The van der Waals surface area contributed by atoms with Crippen LogP contribution < -0.4 is 10.6 Å². The summed E-state index contributed by atoms with van der Waals surface area (Å²) in [5.74, 6) is -0.280. The fourth-order valence-electron chi connectivity index (χ4n) is 2.98. The molecule has 1 aromatic carbocycles. The van der Waals surface area contributed by atoms with Crippen molar-refractivity contribution in [1.29, 1.82) is 0 Å². The van der Waals surface area contributed by atoms with Crippen molar-refractivity contribution in [3.8, 4) is 11.3 Å². The maximum atomic E-state index is 12.0. The molecule has 2 N–H and O–H groups in total. The molecular weight excluding hydrogens is 376 g/mol. The Morgan fingerprint density at radius 1 is 1.36 bits per heavy atom.